The van der Waals surface area contributed by atoms with Crippen LogP contribution in [0.25, 0.3) is 0 Å². The van der Waals surface area contributed by atoms with Crippen molar-refractivity contribution in [3.63, 3.8) is 0 Å². The highest BCUT2D eigenvalue weighted by Gasteiger charge is 2.22. The molecule has 28 heavy (non-hydrogen) atoms. The van der Waals surface area contributed by atoms with Crippen LogP contribution in [0, 0.1) is 23.7 Å². The summed E-state index contributed by atoms with van der Waals surface area (Å²) in [6.07, 6.45) is 0. The van der Waals surface area contributed by atoms with Crippen molar-refractivity contribution in [2.24, 2.45) is 23.7 Å². The number of Topliss-reactive ketones (excluding diaryl/α,β-unsaturated/α-hetero) is 2. The molecule has 0 aromatic carbocycles. The summed E-state index contributed by atoms with van der Waals surface area (Å²) < 4.78 is 5.67. The highest BCUT2D eigenvalue weighted by Crippen LogP contribution is 2.06. The van der Waals surface area contributed by atoms with Crippen molar-refractivity contribution < 1.29 is 19.1 Å². The number of hydrogen-bond acceptors (Lipinski definition) is 5. The average Bonchev–Trinajstić information content (AvgIpc) is 2.59. The molecule has 164 valence electrons. The zero-order valence-corrected chi connectivity index (χ0v) is 19.3. The quantitative estimate of drug-likeness (QED) is 0.397. The van der Waals surface area contributed by atoms with Gasteiger partial charge >= 0.3 is 0 Å². The van der Waals surface area contributed by atoms with Crippen molar-refractivity contribution in [2.45, 2.75) is 55.4 Å². The number of carbonyl (C=O) groups excluding carboxylic acids is 3. The van der Waals surface area contributed by atoms with Gasteiger partial charge in [0.15, 0.2) is 5.78 Å². The van der Waals surface area contributed by atoms with E-state index < -0.39 is 0 Å². The molecule has 0 fully saturated rings. The maximum absolute atomic E-state index is 12.5. The van der Waals surface area contributed by atoms with E-state index in [9.17, 15) is 14.4 Å². The van der Waals surface area contributed by atoms with Crippen molar-refractivity contribution in [1.82, 2.24) is 9.80 Å². The van der Waals surface area contributed by atoms with Gasteiger partial charge in [-0.1, -0.05) is 55.4 Å². The Kier molecular flexibility index (Phi) is 13.2. The normalized spacial score (nSPS) is 11.9. The van der Waals surface area contributed by atoms with E-state index in [4.69, 9.17) is 4.74 Å². The summed E-state index contributed by atoms with van der Waals surface area (Å²) in [5, 5.41) is 0. The smallest absolute Gasteiger partial charge is 0.225 e. The van der Waals surface area contributed by atoms with Gasteiger partial charge < -0.3 is 9.64 Å². The first-order valence-corrected chi connectivity index (χ1v) is 10.6. The molecule has 0 bridgehead atoms. The summed E-state index contributed by atoms with van der Waals surface area (Å²) in [7, 11) is 0. The third-order valence-electron chi connectivity index (χ3n) is 4.51. The van der Waals surface area contributed by atoms with E-state index in [1.165, 1.54) is 0 Å². The Balaban J connectivity index is 4.96. The van der Waals surface area contributed by atoms with E-state index in [-0.39, 0.29) is 41.8 Å². The molecule has 0 unspecified atom stereocenters. The standard InChI is InChI=1S/C22H42N2O4/c1-16(2)15-28-12-11-23(13-20(25)17(3)4)9-10-24(22(27)19(7)8)14-21(26)18(5)6/h16-19H,9-15H2,1-8H3. The van der Waals surface area contributed by atoms with E-state index in [1.807, 2.05) is 46.4 Å². The van der Waals surface area contributed by atoms with Crippen LogP contribution in [0.2, 0.25) is 0 Å². The highest BCUT2D eigenvalue weighted by molar-refractivity contribution is 5.87. The third-order valence-corrected chi connectivity index (χ3v) is 4.51. The van der Waals surface area contributed by atoms with Crippen LogP contribution < -0.4 is 0 Å². The number of amides is 1. The molecule has 0 rings (SSSR count). The van der Waals surface area contributed by atoms with Gasteiger partial charge in [-0.3, -0.25) is 19.3 Å². The molecule has 0 radical (unpaired) electrons. The maximum Gasteiger partial charge on any atom is 0.225 e. The van der Waals surface area contributed by atoms with Gasteiger partial charge in [-0.25, -0.2) is 0 Å². The van der Waals surface area contributed by atoms with Crippen LogP contribution in [0.5, 0.6) is 0 Å². The molecule has 0 aliphatic heterocycles. The fourth-order valence-corrected chi connectivity index (χ4v) is 2.45. The molecule has 0 aliphatic rings. The predicted molar refractivity (Wildman–Crippen MR) is 113 cm³/mol. The fraction of sp³-hybridized carbons (Fsp3) is 0.864. The van der Waals surface area contributed by atoms with Crippen molar-refractivity contribution in [3.05, 3.63) is 0 Å². The van der Waals surface area contributed by atoms with Crippen molar-refractivity contribution in [1.29, 1.82) is 0 Å². The van der Waals surface area contributed by atoms with Gasteiger partial charge in [-0.2, -0.15) is 0 Å². The molecule has 0 aliphatic carbocycles. The number of hydrogen-bond donors (Lipinski definition) is 0. The molecule has 0 spiro atoms. The number of carbonyl (C=O) groups is 3. The first-order valence-electron chi connectivity index (χ1n) is 10.6. The van der Waals surface area contributed by atoms with E-state index in [0.717, 1.165) is 0 Å². The molecule has 0 aromatic heterocycles. The van der Waals surface area contributed by atoms with Crippen molar-refractivity contribution in [3.8, 4) is 0 Å². The Labute approximate surface area is 172 Å². The highest BCUT2D eigenvalue weighted by atomic mass is 16.5. The maximum atomic E-state index is 12.5. The average molecular weight is 399 g/mol. The molecule has 0 saturated heterocycles. The summed E-state index contributed by atoms with van der Waals surface area (Å²) >= 11 is 0. The lowest BCUT2D eigenvalue weighted by molar-refractivity contribution is -0.139. The lowest BCUT2D eigenvalue weighted by Crippen LogP contribution is -2.45. The van der Waals surface area contributed by atoms with Gasteiger partial charge in [0, 0.05) is 44.0 Å². The van der Waals surface area contributed by atoms with Gasteiger partial charge in [-0.15, -0.1) is 0 Å². The van der Waals surface area contributed by atoms with Crippen LogP contribution in [0.4, 0.5) is 0 Å². The molecule has 0 N–H and O–H groups in total. The van der Waals surface area contributed by atoms with Gasteiger partial charge in [0.25, 0.3) is 0 Å². The Bertz CT molecular complexity index is 487. The first-order chi connectivity index (χ1) is 13.0. The minimum atomic E-state index is -0.167. The van der Waals surface area contributed by atoms with E-state index in [1.54, 1.807) is 4.90 Å². The number of ketones is 2. The van der Waals surface area contributed by atoms with E-state index >= 15 is 0 Å². The predicted octanol–water partition coefficient (Wildman–Crippen LogP) is 2.90. The second kappa shape index (κ2) is 13.8. The Morgan fingerprint density at radius 3 is 1.71 bits per heavy atom. The Morgan fingerprint density at radius 2 is 1.25 bits per heavy atom. The second-order valence-corrected chi connectivity index (χ2v) is 8.90. The topological polar surface area (TPSA) is 66.9 Å². The van der Waals surface area contributed by atoms with Crippen LogP contribution in [0.15, 0.2) is 0 Å². The fourth-order valence-electron chi connectivity index (χ4n) is 2.45. The van der Waals surface area contributed by atoms with E-state index in [0.29, 0.717) is 45.3 Å². The lowest BCUT2D eigenvalue weighted by Gasteiger charge is -2.29. The van der Waals surface area contributed by atoms with Gasteiger partial charge in [0.1, 0.15) is 5.78 Å². The second-order valence-electron chi connectivity index (χ2n) is 8.90. The van der Waals surface area contributed by atoms with Gasteiger partial charge in [0.05, 0.1) is 19.7 Å². The van der Waals surface area contributed by atoms with Crippen LogP contribution in [-0.4, -0.2) is 73.2 Å². The molecule has 0 heterocycles. The van der Waals surface area contributed by atoms with E-state index in [2.05, 4.69) is 13.8 Å². The summed E-state index contributed by atoms with van der Waals surface area (Å²) in [6.45, 7) is 18.7. The molecule has 6 nitrogen and oxygen atoms in total. The zero-order chi connectivity index (χ0) is 21.9. The number of nitrogens with zero attached hydrogens (tertiary/aromatic N) is 2. The van der Waals surface area contributed by atoms with Crippen LogP contribution in [0.1, 0.15) is 55.4 Å². The zero-order valence-electron chi connectivity index (χ0n) is 19.3. The molecule has 1 amide bonds. The van der Waals surface area contributed by atoms with Crippen molar-refractivity contribution in [2.75, 3.05) is 45.9 Å². The Morgan fingerprint density at radius 1 is 0.714 bits per heavy atom. The summed E-state index contributed by atoms with van der Waals surface area (Å²) in [6, 6.07) is 0. The van der Waals surface area contributed by atoms with Crippen LogP contribution in [-0.2, 0) is 19.1 Å². The summed E-state index contributed by atoms with van der Waals surface area (Å²) in [5.41, 5.74) is 0. The molecular formula is C22H42N2O4. The minimum absolute atomic E-state index is 0.0276. The molecule has 0 saturated carbocycles. The third kappa shape index (κ3) is 11.5. The molecule has 6 heteroatoms. The molecule has 0 aromatic rings. The lowest BCUT2D eigenvalue weighted by atomic mass is 10.1. The number of rotatable bonds is 15. The summed E-state index contributed by atoms with van der Waals surface area (Å²) in [5.74, 6) is 0.357. The summed E-state index contributed by atoms with van der Waals surface area (Å²) in [4.78, 5) is 40.6. The molecule has 0 atom stereocenters. The first kappa shape index (κ1) is 26.7. The Hall–Kier alpha value is -1.27. The van der Waals surface area contributed by atoms with Crippen molar-refractivity contribution >= 4 is 17.5 Å². The van der Waals surface area contributed by atoms with Gasteiger partial charge in [-0.05, 0) is 5.92 Å². The monoisotopic (exact) mass is 398 g/mol. The molecular weight excluding hydrogens is 356 g/mol. The largest absolute Gasteiger partial charge is 0.380 e. The number of ether oxygens (including phenoxy) is 1. The minimum Gasteiger partial charge on any atom is -0.380 e. The van der Waals surface area contributed by atoms with Crippen LogP contribution in [0.3, 0.4) is 0 Å². The SMILES string of the molecule is CC(C)COCCN(CCN(CC(=O)C(C)C)C(=O)C(C)C)CC(=O)C(C)C. The van der Waals surface area contributed by atoms with Crippen LogP contribution >= 0.6 is 0 Å². The van der Waals surface area contributed by atoms with Gasteiger partial charge in [0.2, 0.25) is 5.91 Å².